The second-order valence-electron chi connectivity index (χ2n) is 5.12. The Morgan fingerprint density at radius 2 is 2.21 bits per heavy atom. The van der Waals surface area contributed by atoms with Gasteiger partial charge in [-0.15, -0.1) is 0 Å². The predicted molar refractivity (Wildman–Crippen MR) is 56.2 cm³/mol. The second kappa shape index (κ2) is 5.08. The van der Waals surface area contributed by atoms with Crippen LogP contribution in [-0.2, 0) is 4.74 Å². The smallest absolute Gasteiger partial charge is 0.117 e. The van der Waals surface area contributed by atoms with Gasteiger partial charge in [0.25, 0.3) is 0 Å². The van der Waals surface area contributed by atoms with E-state index >= 15 is 0 Å². The van der Waals surface area contributed by atoms with E-state index in [1.807, 2.05) is 0 Å². The van der Waals surface area contributed by atoms with Crippen LogP contribution in [0.3, 0.4) is 0 Å². The molecule has 1 rings (SSSR count). The van der Waals surface area contributed by atoms with Gasteiger partial charge in [-0.3, -0.25) is 0 Å². The van der Waals surface area contributed by atoms with E-state index in [1.165, 1.54) is 0 Å². The fourth-order valence-corrected chi connectivity index (χ4v) is 1.62. The summed E-state index contributed by atoms with van der Waals surface area (Å²) < 4.78 is 18.9. The minimum atomic E-state index is -0.769. The summed E-state index contributed by atoms with van der Waals surface area (Å²) in [6.45, 7) is 7.99. The zero-order valence-electron chi connectivity index (χ0n) is 9.48. The van der Waals surface area contributed by atoms with Crippen LogP contribution in [0.5, 0.6) is 0 Å². The van der Waals surface area contributed by atoms with Gasteiger partial charge < -0.3 is 10.1 Å². The van der Waals surface area contributed by atoms with Gasteiger partial charge in [-0.05, 0) is 33.6 Å². The Bertz CT molecular complexity index is 161. The molecule has 1 heterocycles. The minimum absolute atomic E-state index is 0.000135. The van der Waals surface area contributed by atoms with E-state index in [0.29, 0.717) is 13.2 Å². The number of nitrogens with one attached hydrogen (secondary N) is 1. The summed E-state index contributed by atoms with van der Waals surface area (Å²) in [4.78, 5) is 0. The number of rotatable bonds is 3. The number of alkyl halides is 1. The van der Waals surface area contributed by atoms with Gasteiger partial charge in [0.1, 0.15) is 6.17 Å². The molecule has 2 atom stereocenters. The minimum Gasteiger partial charge on any atom is -0.381 e. The molecule has 0 radical (unpaired) electrons. The molecule has 0 aliphatic carbocycles. The standard InChI is InChI=1S/C11H22FNO/c1-11(2,3)13-7-10(12)9-5-4-6-14-8-9/h9-10,13H,4-8H2,1-3H3. The van der Waals surface area contributed by atoms with Crippen molar-refractivity contribution in [3.8, 4) is 0 Å². The van der Waals surface area contributed by atoms with Crippen molar-refractivity contribution in [2.45, 2.75) is 45.3 Å². The van der Waals surface area contributed by atoms with E-state index in [9.17, 15) is 4.39 Å². The van der Waals surface area contributed by atoms with Gasteiger partial charge in [-0.2, -0.15) is 0 Å². The number of hydrogen-bond acceptors (Lipinski definition) is 2. The molecule has 2 unspecified atom stereocenters. The van der Waals surface area contributed by atoms with Crippen molar-refractivity contribution in [3.63, 3.8) is 0 Å². The molecule has 1 aliphatic heterocycles. The molecule has 1 N–H and O–H groups in total. The highest BCUT2D eigenvalue weighted by Gasteiger charge is 2.24. The topological polar surface area (TPSA) is 21.3 Å². The molecule has 1 fully saturated rings. The summed E-state index contributed by atoms with van der Waals surface area (Å²) in [5.74, 6) is 0.0959. The average Bonchev–Trinajstić information content (AvgIpc) is 2.14. The van der Waals surface area contributed by atoms with Crippen molar-refractivity contribution in [1.29, 1.82) is 0 Å². The van der Waals surface area contributed by atoms with Crippen LogP contribution >= 0.6 is 0 Å². The van der Waals surface area contributed by atoms with E-state index in [2.05, 4.69) is 26.1 Å². The summed E-state index contributed by atoms with van der Waals surface area (Å²) in [6.07, 6.45) is 1.20. The van der Waals surface area contributed by atoms with Crippen LogP contribution in [0.15, 0.2) is 0 Å². The van der Waals surface area contributed by atoms with Gasteiger partial charge in [-0.25, -0.2) is 4.39 Å². The number of halogens is 1. The molecule has 0 saturated carbocycles. The monoisotopic (exact) mass is 203 g/mol. The molecule has 0 aromatic heterocycles. The van der Waals surface area contributed by atoms with Crippen LogP contribution in [0.25, 0.3) is 0 Å². The fraction of sp³-hybridized carbons (Fsp3) is 1.00. The van der Waals surface area contributed by atoms with Crippen LogP contribution in [0.4, 0.5) is 4.39 Å². The Hall–Kier alpha value is -0.150. The highest BCUT2D eigenvalue weighted by atomic mass is 19.1. The third kappa shape index (κ3) is 4.38. The van der Waals surface area contributed by atoms with Crippen molar-refractivity contribution in [2.75, 3.05) is 19.8 Å². The maximum Gasteiger partial charge on any atom is 0.117 e. The Labute approximate surface area is 86.2 Å². The predicted octanol–water partition coefficient (Wildman–Crippen LogP) is 2.14. The summed E-state index contributed by atoms with van der Waals surface area (Å²) in [7, 11) is 0. The Morgan fingerprint density at radius 1 is 1.50 bits per heavy atom. The first-order chi connectivity index (χ1) is 6.49. The average molecular weight is 203 g/mol. The maximum atomic E-state index is 13.7. The zero-order chi connectivity index (χ0) is 10.6. The van der Waals surface area contributed by atoms with E-state index < -0.39 is 6.17 Å². The third-order valence-electron chi connectivity index (χ3n) is 2.53. The first-order valence-electron chi connectivity index (χ1n) is 5.46. The second-order valence-corrected chi connectivity index (χ2v) is 5.12. The van der Waals surface area contributed by atoms with Crippen LogP contribution in [-0.4, -0.2) is 31.5 Å². The maximum absolute atomic E-state index is 13.7. The largest absolute Gasteiger partial charge is 0.381 e. The first-order valence-corrected chi connectivity index (χ1v) is 5.46. The lowest BCUT2D eigenvalue weighted by Gasteiger charge is -2.28. The summed E-state index contributed by atoms with van der Waals surface area (Å²) in [5.41, 5.74) is -0.000135. The van der Waals surface area contributed by atoms with Gasteiger partial charge in [0.05, 0.1) is 6.61 Å². The number of ether oxygens (including phenoxy) is 1. The quantitative estimate of drug-likeness (QED) is 0.758. The van der Waals surface area contributed by atoms with Crippen molar-refractivity contribution < 1.29 is 9.13 Å². The van der Waals surface area contributed by atoms with E-state index in [1.54, 1.807) is 0 Å². The molecule has 0 aromatic carbocycles. The molecule has 1 saturated heterocycles. The summed E-state index contributed by atoms with van der Waals surface area (Å²) >= 11 is 0. The highest BCUT2D eigenvalue weighted by Crippen LogP contribution is 2.19. The molecule has 3 heteroatoms. The van der Waals surface area contributed by atoms with Crippen molar-refractivity contribution in [3.05, 3.63) is 0 Å². The van der Waals surface area contributed by atoms with Gasteiger partial charge in [0.2, 0.25) is 0 Å². The molecule has 0 spiro atoms. The first kappa shape index (κ1) is 11.9. The summed E-state index contributed by atoms with van der Waals surface area (Å²) in [5, 5.41) is 3.19. The highest BCUT2D eigenvalue weighted by molar-refractivity contribution is 4.78. The molecule has 14 heavy (non-hydrogen) atoms. The lowest BCUT2D eigenvalue weighted by Crippen LogP contribution is -2.43. The molecule has 1 aliphatic rings. The van der Waals surface area contributed by atoms with E-state index in [4.69, 9.17) is 4.74 Å². The van der Waals surface area contributed by atoms with Crippen molar-refractivity contribution in [2.24, 2.45) is 5.92 Å². The van der Waals surface area contributed by atoms with Crippen LogP contribution in [0.1, 0.15) is 33.6 Å². The lowest BCUT2D eigenvalue weighted by atomic mass is 9.96. The molecular formula is C11H22FNO. The molecule has 2 nitrogen and oxygen atoms in total. The summed E-state index contributed by atoms with van der Waals surface area (Å²) in [6, 6.07) is 0. The lowest BCUT2D eigenvalue weighted by molar-refractivity contribution is 0.0190. The molecule has 0 aromatic rings. The molecule has 84 valence electrons. The zero-order valence-corrected chi connectivity index (χ0v) is 9.48. The molecule has 0 amide bonds. The van der Waals surface area contributed by atoms with Gasteiger partial charge >= 0.3 is 0 Å². The third-order valence-corrected chi connectivity index (χ3v) is 2.53. The van der Waals surface area contributed by atoms with E-state index in [0.717, 1.165) is 19.4 Å². The van der Waals surface area contributed by atoms with Gasteiger partial charge in [-0.1, -0.05) is 0 Å². The van der Waals surface area contributed by atoms with Gasteiger partial charge in [0, 0.05) is 24.6 Å². The van der Waals surface area contributed by atoms with Crippen molar-refractivity contribution >= 4 is 0 Å². The fourth-order valence-electron chi connectivity index (χ4n) is 1.62. The Balaban J connectivity index is 2.23. The molecule has 0 bridgehead atoms. The normalized spacial score (nSPS) is 26.1. The molecular weight excluding hydrogens is 181 g/mol. The van der Waals surface area contributed by atoms with E-state index in [-0.39, 0.29) is 11.5 Å². The van der Waals surface area contributed by atoms with Crippen LogP contribution in [0.2, 0.25) is 0 Å². The van der Waals surface area contributed by atoms with Crippen LogP contribution < -0.4 is 5.32 Å². The SMILES string of the molecule is CC(C)(C)NCC(F)C1CCCOC1. The van der Waals surface area contributed by atoms with Crippen LogP contribution in [0, 0.1) is 5.92 Å². The van der Waals surface area contributed by atoms with Gasteiger partial charge in [0.15, 0.2) is 0 Å². The Kier molecular flexibility index (Phi) is 4.32. The van der Waals surface area contributed by atoms with Crippen molar-refractivity contribution in [1.82, 2.24) is 5.32 Å². The number of hydrogen-bond donors (Lipinski definition) is 1. The Morgan fingerprint density at radius 3 is 2.71 bits per heavy atom.